The summed E-state index contributed by atoms with van der Waals surface area (Å²) < 4.78 is 39.8. The zero-order valence-electron chi connectivity index (χ0n) is 17.0. The Morgan fingerprint density at radius 1 is 1.28 bits per heavy atom. The lowest BCUT2D eigenvalue weighted by atomic mass is 10.2. The van der Waals surface area contributed by atoms with Gasteiger partial charge in [-0.25, -0.2) is 19.0 Å². The van der Waals surface area contributed by atoms with Crippen LogP contribution in [-0.4, -0.2) is 79.3 Å². The summed E-state index contributed by atoms with van der Waals surface area (Å²) in [6.45, 7) is 0.488. The molecular formula is C19H22F2N6O5. The Morgan fingerprint density at radius 2 is 2.06 bits per heavy atom. The first-order valence-corrected chi connectivity index (χ1v) is 9.97. The molecule has 13 heteroatoms. The van der Waals surface area contributed by atoms with E-state index in [1.54, 1.807) is 6.07 Å². The van der Waals surface area contributed by atoms with Crippen molar-refractivity contribution >= 4 is 29.2 Å². The molecule has 0 bridgehead atoms. The number of carbonyl (C=O) groups is 2. The number of carbonyl (C=O) groups excluding carboxylic acids is 2. The Morgan fingerprint density at radius 3 is 2.75 bits per heavy atom. The van der Waals surface area contributed by atoms with Gasteiger partial charge < -0.3 is 24.6 Å². The van der Waals surface area contributed by atoms with Gasteiger partial charge in [0.2, 0.25) is 0 Å². The summed E-state index contributed by atoms with van der Waals surface area (Å²) in [5.74, 6) is -1.71. The molecule has 2 aliphatic rings. The van der Waals surface area contributed by atoms with Crippen LogP contribution < -0.4 is 20.5 Å². The first-order chi connectivity index (χ1) is 15.5. The number of rotatable bonds is 6. The number of anilines is 3. The van der Waals surface area contributed by atoms with Gasteiger partial charge in [0.15, 0.2) is 17.5 Å². The maximum Gasteiger partial charge on any atom is 0.414 e. The third kappa shape index (κ3) is 4.57. The molecule has 0 radical (unpaired) electrons. The summed E-state index contributed by atoms with van der Waals surface area (Å²) in [7, 11) is 0. The molecule has 2 amide bonds. The molecule has 0 aliphatic carbocycles. The molecule has 0 unspecified atom stereocenters. The Balaban J connectivity index is 1.44. The van der Waals surface area contributed by atoms with E-state index in [1.165, 1.54) is 16.2 Å². The normalized spacial score (nSPS) is 19.2. The lowest BCUT2D eigenvalue weighted by Gasteiger charge is -2.25. The number of ether oxygens (including phenoxy) is 1. The van der Waals surface area contributed by atoms with E-state index in [1.807, 2.05) is 0 Å². The van der Waals surface area contributed by atoms with Crippen LogP contribution in [0.5, 0.6) is 0 Å². The summed E-state index contributed by atoms with van der Waals surface area (Å²) in [4.78, 5) is 26.5. The van der Waals surface area contributed by atoms with Crippen molar-refractivity contribution in [3.05, 3.63) is 36.1 Å². The van der Waals surface area contributed by atoms with Gasteiger partial charge in [0, 0.05) is 37.8 Å². The van der Waals surface area contributed by atoms with Gasteiger partial charge >= 0.3 is 6.09 Å². The number of hydrogen-bond acceptors (Lipinski definition) is 9. The highest BCUT2D eigenvalue weighted by atomic mass is 19.1. The van der Waals surface area contributed by atoms with Crippen LogP contribution in [0.3, 0.4) is 0 Å². The Hall–Kier alpha value is -3.45. The average Bonchev–Trinajstić information content (AvgIpc) is 3.35. The van der Waals surface area contributed by atoms with Gasteiger partial charge in [-0.1, -0.05) is 5.16 Å². The predicted molar refractivity (Wildman–Crippen MR) is 108 cm³/mol. The molecule has 32 heavy (non-hydrogen) atoms. The molecule has 4 rings (SSSR count). The van der Waals surface area contributed by atoms with Crippen molar-refractivity contribution in [1.29, 1.82) is 0 Å². The SMILES string of the molecule is O=C(CO)N1CCN(c2c(F)cc(N3C[C@H](CNc4ccon4)OC3=O)cc2F)CCN1. The summed E-state index contributed by atoms with van der Waals surface area (Å²) >= 11 is 0. The van der Waals surface area contributed by atoms with Gasteiger partial charge in [-0.2, -0.15) is 0 Å². The van der Waals surface area contributed by atoms with E-state index >= 15 is 0 Å². The molecule has 2 aliphatic heterocycles. The number of aromatic nitrogens is 1. The third-order valence-corrected chi connectivity index (χ3v) is 5.17. The van der Waals surface area contributed by atoms with Gasteiger partial charge in [0.05, 0.1) is 25.3 Å². The third-order valence-electron chi connectivity index (χ3n) is 5.17. The molecular weight excluding hydrogens is 430 g/mol. The number of benzene rings is 1. The number of aliphatic hydroxyl groups is 1. The molecule has 3 heterocycles. The largest absolute Gasteiger partial charge is 0.442 e. The van der Waals surface area contributed by atoms with Gasteiger partial charge in [0.25, 0.3) is 5.91 Å². The number of halogens is 2. The molecule has 2 aromatic rings. The number of nitrogens with zero attached hydrogens (tertiary/aromatic N) is 4. The Kier molecular flexibility index (Phi) is 6.37. The minimum absolute atomic E-state index is 0.0442. The summed E-state index contributed by atoms with van der Waals surface area (Å²) in [6.07, 6.45) is 0.141. The predicted octanol–water partition coefficient (Wildman–Crippen LogP) is 0.536. The first kappa shape index (κ1) is 21.8. The van der Waals surface area contributed by atoms with E-state index in [2.05, 4.69) is 15.9 Å². The van der Waals surface area contributed by atoms with Crippen molar-refractivity contribution in [2.75, 3.05) is 61.0 Å². The highest BCUT2D eigenvalue weighted by Gasteiger charge is 2.34. The molecule has 1 atom stereocenters. The number of hydrazine groups is 1. The molecule has 172 valence electrons. The van der Waals surface area contributed by atoms with E-state index in [9.17, 15) is 18.4 Å². The van der Waals surface area contributed by atoms with E-state index < -0.39 is 36.3 Å². The molecule has 0 saturated carbocycles. The Labute approximate surface area is 181 Å². The summed E-state index contributed by atoms with van der Waals surface area (Å²) in [5.41, 5.74) is 2.61. The van der Waals surface area contributed by atoms with Gasteiger partial charge in [0.1, 0.15) is 24.7 Å². The number of nitrogens with one attached hydrogen (secondary N) is 2. The van der Waals surface area contributed by atoms with Gasteiger partial charge in [-0.15, -0.1) is 0 Å². The highest BCUT2D eigenvalue weighted by molar-refractivity contribution is 5.90. The minimum Gasteiger partial charge on any atom is -0.442 e. The smallest absolute Gasteiger partial charge is 0.414 e. The topological polar surface area (TPSA) is 123 Å². The number of hydrogen-bond donors (Lipinski definition) is 3. The Bertz CT molecular complexity index is 952. The van der Waals surface area contributed by atoms with Crippen LogP contribution in [0.25, 0.3) is 0 Å². The molecule has 1 aromatic carbocycles. The number of cyclic esters (lactones) is 1. The quantitative estimate of drug-likeness (QED) is 0.576. The lowest BCUT2D eigenvalue weighted by Crippen LogP contribution is -2.45. The minimum atomic E-state index is -0.834. The fourth-order valence-electron chi connectivity index (χ4n) is 3.62. The highest BCUT2D eigenvalue weighted by Crippen LogP contribution is 2.31. The van der Waals surface area contributed by atoms with Crippen LogP contribution in [0.2, 0.25) is 0 Å². The zero-order chi connectivity index (χ0) is 22.7. The molecule has 2 fully saturated rings. The van der Waals surface area contributed by atoms with E-state index in [4.69, 9.17) is 14.4 Å². The maximum absolute atomic E-state index is 14.9. The average molecular weight is 452 g/mol. The second kappa shape index (κ2) is 9.36. The van der Waals surface area contributed by atoms with Crippen LogP contribution in [0.15, 0.2) is 29.0 Å². The van der Waals surface area contributed by atoms with Crippen LogP contribution in [0.1, 0.15) is 0 Å². The zero-order valence-corrected chi connectivity index (χ0v) is 17.0. The summed E-state index contributed by atoms with van der Waals surface area (Å²) in [6, 6.07) is 3.78. The second-order valence-corrected chi connectivity index (χ2v) is 7.24. The van der Waals surface area contributed by atoms with Gasteiger partial charge in [-0.05, 0) is 0 Å². The molecule has 1 aromatic heterocycles. The van der Waals surface area contributed by atoms with Crippen molar-refractivity contribution in [1.82, 2.24) is 15.6 Å². The monoisotopic (exact) mass is 452 g/mol. The van der Waals surface area contributed by atoms with Crippen molar-refractivity contribution < 1.29 is 32.7 Å². The molecule has 11 nitrogen and oxygen atoms in total. The van der Waals surface area contributed by atoms with Crippen LogP contribution in [-0.2, 0) is 9.53 Å². The number of aliphatic hydroxyl groups excluding tert-OH is 1. The lowest BCUT2D eigenvalue weighted by molar-refractivity contribution is -0.136. The van der Waals surface area contributed by atoms with Crippen molar-refractivity contribution in [2.24, 2.45) is 0 Å². The first-order valence-electron chi connectivity index (χ1n) is 9.97. The molecule has 3 N–H and O–H groups in total. The van der Waals surface area contributed by atoms with Crippen molar-refractivity contribution in [3.8, 4) is 0 Å². The van der Waals surface area contributed by atoms with Crippen LogP contribution >= 0.6 is 0 Å². The standard InChI is InChI=1S/C19H22F2N6O5/c20-14-7-12(26-10-13(32-19(26)30)9-22-16-1-6-31-24-16)8-15(21)18(14)25-3-2-23-27(5-4-25)17(29)11-28/h1,6-8,13,23,28H,2-5,9-11H2,(H,22,24)/t13-/m0/s1. The van der Waals surface area contributed by atoms with Crippen LogP contribution in [0.4, 0.5) is 30.8 Å². The van der Waals surface area contributed by atoms with E-state index in [0.29, 0.717) is 5.82 Å². The fourth-order valence-corrected chi connectivity index (χ4v) is 3.62. The van der Waals surface area contributed by atoms with Crippen molar-refractivity contribution in [2.45, 2.75) is 6.10 Å². The van der Waals surface area contributed by atoms with E-state index in [0.717, 1.165) is 17.0 Å². The van der Waals surface area contributed by atoms with Gasteiger partial charge in [-0.3, -0.25) is 14.7 Å². The molecule has 0 spiro atoms. The number of amides is 2. The van der Waals surface area contributed by atoms with E-state index in [-0.39, 0.29) is 50.6 Å². The second-order valence-electron chi connectivity index (χ2n) is 7.24. The summed E-state index contributed by atoms with van der Waals surface area (Å²) in [5, 5.41) is 16.8. The maximum atomic E-state index is 14.9. The molecule has 2 saturated heterocycles. The van der Waals surface area contributed by atoms with Crippen LogP contribution in [0, 0.1) is 11.6 Å². The fraction of sp³-hybridized carbons (Fsp3) is 0.421. The van der Waals surface area contributed by atoms with Crippen molar-refractivity contribution in [3.63, 3.8) is 0 Å².